The van der Waals surface area contributed by atoms with E-state index in [1.165, 1.54) is 0 Å². The third-order valence-electron chi connectivity index (χ3n) is 10.7. The van der Waals surface area contributed by atoms with Crippen molar-refractivity contribution in [2.24, 2.45) is 5.92 Å². The molecule has 0 aromatic carbocycles. The van der Waals surface area contributed by atoms with E-state index in [1.807, 2.05) is 0 Å². The van der Waals surface area contributed by atoms with Crippen molar-refractivity contribution in [1.29, 1.82) is 0 Å². The van der Waals surface area contributed by atoms with Crippen molar-refractivity contribution in [2.75, 3.05) is 40.0 Å². The molecule has 0 aromatic rings. The summed E-state index contributed by atoms with van der Waals surface area (Å²) in [4.78, 5) is 12.9. The van der Waals surface area contributed by atoms with Crippen LogP contribution in [0.2, 0.25) is 87.6 Å². The molecule has 0 unspecified atom stereocenters. The van der Waals surface area contributed by atoms with Gasteiger partial charge in [0.05, 0.1) is 31.3 Å². The molecule has 0 amide bonds. The Balaban J connectivity index is 2.42. The molecule has 2 saturated heterocycles. The van der Waals surface area contributed by atoms with Crippen LogP contribution in [-0.4, -0.2) is 109 Å². The van der Waals surface area contributed by atoms with E-state index in [-0.39, 0.29) is 41.7 Å². The van der Waals surface area contributed by atoms with Gasteiger partial charge >= 0.3 is 5.97 Å². The van der Waals surface area contributed by atoms with Crippen molar-refractivity contribution >= 4 is 38.8 Å². The van der Waals surface area contributed by atoms with Crippen molar-refractivity contribution in [2.45, 2.75) is 173 Å². The van der Waals surface area contributed by atoms with E-state index >= 15 is 0 Å². The van der Waals surface area contributed by atoms with Crippen molar-refractivity contribution in [3.05, 3.63) is 0 Å². The highest BCUT2D eigenvalue weighted by Crippen LogP contribution is 2.40. The van der Waals surface area contributed by atoms with Gasteiger partial charge in [-0.3, -0.25) is 4.79 Å². The lowest BCUT2D eigenvalue weighted by atomic mass is 9.86. The molecule has 2 fully saturated rings. The fraction of sp³-hybridized carbons (Fsp3) is 0.971. The number of hydrogen-bond acceptors (Lipinski definition) is 9. The minimum absolute atomic E-state index is 0.0223. The summed E-state index contributed by atoms with van der Waals surface area (Å²) in [7, 11) is -6.76. The maximum absolute atomic E-state index is 12.9. The van der Waals surface area contributed by atoms with Gasteiger partial charge in [-0.2, -0.15) is 0 Å². The van der Waals surface area contributed by atoms with E-state index in [0.717, 1.165) is 12.1 Å². The van der Waals surface area contributed by atoms with Crippen LogP contribution in [0.4, 0.5) is 0 Å². The van der Waals surface area contributed by atoms with Gasteiger partial charge in [-0.1, -0.05) is 80.8 Å². The lowest BCUT2D eigenvalue weighted by Crippen LogP contribution is -2.50. The normalized spacial score (nSPS) is 26.6. The molecule has 48 heavy (non-hydrogen) atoms. The van der Waals surface area contributed by atoms with Crippen LogP contribution >= 0.6 is 0 Å². The van der Waals surface area contributed by atoms with Crippen LogP contribution in [-0.2, 0) is 42.1 Å². The molecule has 2 aliphatic rings. The van der Waals surface area contributed by atoms with Crippen molar-refractivity contribution in [1.82, 2.24) is 0 Å². The molecular weight excluding hydrogens is 677 g/mol. The van der Waals surface area contributed by atoms with E-state index in [2.05, 4.69) is 107 Å². The Bertz CT molecular complexity index is 983. The topological polar surface area (TPSA) is 90.9 Å². The number of fused-ring (bicyclic) bond motifs is 1. The highest BCUT2D eigenvalue weighted by Gasteiger charge is 2.50. The molecule has 284 valence electrons. The largest absolute Gasteiger partial charge is 0.461 e. The van der Waals surface area contributed by atoms with Crippen LogP contribution in [0, 0.1) is 5.92 Å². The van der Waals surface area contributed by atoms with E-state index in [0.29, 0.717) is 39.3 Å². The molecule has 0 bridgehead atoms. The Kier molecular flexibility index (Phi) is 16.3. The summed E-state index contributed by atoms with van der Waals surface area (Å²) < 4.78 is 51.4. The first kappa shape index (κ1) is 44.2. The van der Waals surface area contributed by atoms with E-state index < -0.39 is 57.2 Å². The Morgan fingerprint density at radius 3 is 1.40 bits per heavy atom. The minimum Gasteiger partial charge on any atom is -0.461 e. The fourth-order valence-electron chi connectivity index (χ4n) is 4.84. The third-order valence-corrected chi connectivity index (χ3v) is 23.1. The summed E-state index contributed by atoms with van der Waals surface area (Å²) in [5, 5.41) is 0.0502. The average molecular weight is 751 g/mol. The Morgan fingerprint density at radius 2 is 1.04 bits per heavy atom. The molecule has 9 nitrogen and oxygen atoms in total. The van der Waals surface area contributed by atoms with Crippen molar-refractivity contribution < 1.29 is 42.1 Å². The van der Waals surface area contributed by atoms with Gasteiger partial charge in [0.15, 0.2) is 16.6 Å². The monoisotopic (exact) mass is 750 g/mol. The summed E-state index contributed by atoms with van der Waals surface area (Å²) in [6, 6.07) is 2.11. The maximum atomic E-state index is 12.9. The van der Waals surface area contributed by atoms with Gasteiger partial charge in [0.1, 0.15) is 31.9 Å². The van der Waals surface area contributed by atoms with Gasteiger partial charge in [-0.15, -0.1) is 0 Å². The second-order valence-electron chi connectivity index (χ2n) is 19.5. The first-order valence-corrected chi connectivity index (χ1v) is 31.5. The highest BCUT2D eigenvalue weighted by atomic mass is 28.4. The van der Waals surface area contributed by atoms with Gasteiger partial charge in [0.25, 0.3) is 0 Å². The molecule has 2 rings (SSSR count). The number of carbonyl (C=O) groups excluding carboxylic acids is 1. The second kappa shape index (κ2) is 17.7. The van der Waals surface area contributed by atoms with Crippen LogP contribution < -0.4 is 0 Å². The lowest BCUT2D eigenvalue weighted by Gasteiger charge is -2.41. The van der Waals surface area contributed by atoms with Gasteiger partial charge < -0.3 is 37.3 Å². The number of ether oxygens (including phenoxy) is 6. The van der Waals surface area contributed by atoms with E-state index in [1.54, 1.807) is 0 Å². The highest BCUT2D eigenvalue weighted by molar-refractivity contribution is 6.76. The minimum atomic E-state index is -2.14. The Hall–Kier alpha value is 0.0575. The molecule has 0 saturated carbocycles. The second-order valence-corrected chi connectivity index (χ2v) is 40.4. The first-order valence-electron chi connectivity index (χ1n) is 18.2. The predicted molar refractivity (Wildman–Crippen MR) is 205 cm³/mol. The first-order chi connectivity index (χ1) is 21.7. The maximum Gasteiger partial charge on any atom is 0.313 e. The molecule has 0 aromatic heterocycles. The number of rotatable bonds is 18. The smallest absolute Gasteiger partial charge is 0.313 e. The quantitative estimate of drug-likeness (QED) is 0.0592. The molecule has 2 aliphatic heterocycles. The number of esters is 1. The molecule has 0 spiro atoms. The van der Waals surface area contributed by atoms with Crippen LogP contribution in [0.5, 0.6) is 0 Å². The number of carbonyl (C=O) groups is 1. The molecule has 13 heteroatoms. The standard InChI is InChI=1S/C35H74O9Si4/c1-34(2,3)47(13,14)41-23-31-29(39-25-37-17-19-45(7,8)9)21-27-28(44-33(27)36)22-30(40-26-38-18-20-46(10,11)12)32(43-31)24-42-48(15,16)35(4,5)6/h27-32H,17-26H2,1-16H3/t27-,28+,29-,30+,31-,32+/m1/s1. The summed E-state index contributed by atoms with van der Waals surface area (Å²) in [5.74, 6) is -0.506. The third kappa shape index (κ3) is 14.6. The molecule has 0 radical (unpaired) electrons. The Labute approximate surface area is 298 Å². The molecule has 0 aliphatic carbocycles. The Morgan fingerprint density at radius 1 is 0.646 bits per heavy atom. The molecule has 2 heterocycles. The van der Waals surface area contributed by atoms with E-state index in [9.17, 15) is 4.79 Å². The van der Waals surface area contributed by atoms with Gasteiger partial charge in [0.2, 0.25) is 0 Å². The summed E-state index contributed by atoms with van der Waals surface area (Å²) in [6.45, 7) is 38.8. The zero-order valence-corrected chi connectivity index (χ0v) is 37.7. The summed E-state index contributed by atoms with van der Waals surface area (Å²) in [6.07, 6.45) is -1.03. The SMILES string of the molecule is CC(C)(C)[Si](C)(C)OC[C@@H]1O[C@H](CO[Si](C)(C)C(C)(C)C)[C@H](OCOCC[Si](C)(C)C)C[C@H]2C(=O)O[C@H]2C[C@@H]1OCOCC[Si](C)(C)C. The molecule has 6 atom stereocenters. The summed E-state index contributed by atoms with van der Waals surface area (Å²) in [5.41, 5.74) is 0. The van der Waals surface area contributed by atoms with Gasteiger partial charge in [-0.25, -0.2) is 0 Å². The average Bonchev–Trinajstić information content (AvgIpc) is 2.94. The molecule has 0 N–H and O–H groups in total. The van der Waals surface area contributed by atoms with Crippen LogP contribution in [0.3, 0.4) is 0 Å². The number of hydrogen-bond donors (Lipinski definition) is 0. The van der Waals surface area contributed by atoms with Crippen LogP contribution in [0.25, 0.3) is 0 Å². The summed E-state index contributed by atoms with van der Waals surface area (Å²) >= 11 is 0. The van der Waals surface area contributed by atoms with Crippen molar-refractivity contribution in [3.8, 4) is 0 Å². The van der Waals surface area contributed by atoms with Crippen LogP contribution in [0.15, 0.2) is 0 Å². The van der Waals surface area contributed by atoms with Gasteiger partial charge in [0, 0.05) is 35.8 Å². The fourth-order valence-corrected chi connectivity index (χ4v) is 8.39. The zero-order chi connectivity index (χ0) is 36.8. The van der Waals surface area contributed by atoms with Crippen molar-refractivity contribution in [3.63, 3.8) is 0 Å². The zero-order valence-electron chi connectivity index (χ0n) is 33.7. The van der Waals surface area contributed by atoms with E-state index in [4.69, 9.17) is 37.3 Å². The van der Waals surface area contributed by atoms with Crippen LogP contribution in [0.1, 0.15) is 54.4 Å². The van der Waals surface area contributed by atoms with Gasteiger partial charge in [-0.05, 0) is 54.8 Å². The lowest BCUT2D eigenvalue weighted by molar-refractivity contribution is -0.197. The molecular formula is C35H74O9Si4. The predicted octanol–water partition coefficient (Wildman–Crippen LogP) is 8.51.